The number of fused-ring (bicyclic) bond motifs is 3. The molecule has 1 unspecified atom stereocenters. The van der Waals surface area contributed by atoms with Crippen LogP contribution in [0.15, 0.2) is 53.6 Å². The van der Waals surface area contributed by atoms with E-state index in [1.807, 2.05) is 9.74 Å². The van der Waals surface area contributed by atoms with Gasteiger partial charge in [0, 0.05) is 0 Å². The Hall–Kier alpha value is -1.90. The van der Waals surface area contributed by atoms with E-state index in [4.69, 9.17) is 4.74 Å². The number of carbonyl (C=O) groups excluding carboxylic acids is 1. The second-order valence-electron chi connectivity index (χ2n) is 5.70. The van der Waals surface area contributed by atoms with Crippen LogP contribution in [-0.2, 0) is 9.53 Å². The van der Waals surface area contributed by atoms with E-state index in [0.29, 0.717) is 18.7 Å². The summed E-state index contributed by atoms with van der Waals surface area (Å²) in [5, 5.41) is 6.93. The van der Waals surface area contributed by atoms with Crippen LogP contribution in [0.25, 0.3) is 21.8 Å². The average molecular weight is 514 g/mol. The number of para-hydroxylation sites is 2. The average Bonchev–Trinajstić information content (AvgIpc) is 3.13. The fourth-order valence-corrected chi connectivity index (χ4v) is 4.58. The van der Waals surface area contributed by atoms with Gasteiger partial charge in [-0.1, -0.05) is 0 Å². The predicted molar refractivity (Wildman–Crippen MR) is 94.8 cm³/mol. The van der Waals surface area contributed by atoms with E-state index < -0.39 is 0 Å². The minimum atomic E-state index is -0.304. The molecule has 0 bridgehead atoms. The van der Waals surface area contributed by atoms with Gasteiger partial charge in [0.2, 0.25) is 0 Å². The van der Waals surface area contributed by atoms with Gasteiger partial charge in [-0.25, -0.2) is 0 Å². The number of aromatic nitrogens is 1. The summed E-state index contributed by atoms with van der Waals surface area (Å²) in [4.78, 5) is 12.1. The molecule has 1 aliphatic heterocycles. The Balaban J connectivity index is 1.84. The summed E-state index contributed by atoms with van der Waals surface area (Å²) in [6.45, 7) is 2.19. The second-order valence-corrected chi connectivity index (χ2v) is 7.48. The van der Waals surface area contributed by atoms with Gasteiger partial charge in [-0.2, -0.15) is 0 Å². The van der Waals surface area contributed by atoms with Crippen LogP contribution >= 0.6 is 0 Å². The first-order valence-electron chi connectivity index (χ1n) is 7.93. The number of hydrogen-bond acceptors (Lipinski definition) is 4. The van der Waals surface area contributed by atoms with Gasteiger partial charge in [-0.3, -0.25) is 0 Å². The van der Waals surface area contributed by atoms with Gasteiger partial charge in [0.1, 0.15) is 0 Å². The molecule has 1 aliphatic rings. The Morgan fingerprint density at radius 1 is 1.17 bits per heavy atom. The van der Waals surface area contributed by atoms with Crippen molar-refractivity contribution in [2.45, 2.75) is 19.5 Å². The monoisotopic (exact) mass is 514 g/mol. The summed E-state index contributed by atoms with van der Waals surface area (Å²) in [6.07, 6.45) is 0.603. The molecule has 2 aromatic carbocycles. The number of ether oxygens (including phenoxy) is 1. The Bertz CT molecular complexity index is 910. The van der Waals surface area contributed by atoms with Gasteiger partial charge in [-0.05, 0) is 0 Å². The first-order chi connectivity index (χ1) is 11.7. The van der Waals surface area contributed by atoms with Crippen molar-refractivity contribution < 1.29 is 9.53 Å². The van der Waals surface area contributed by atoms with Gasteiger partial charge in [0.05, 0.1) is 0 Å². The maximum atomic E-state index is 12.1. The zero-order chi connectivity index (χ0) is 16.7. The quantitative estimate of drug-likeness (QED) is 0.400. The molecule has 2 heterocycles. The fourth-order valence-electron chi connectivity index (χ4n) is 3.31. The molecule has 3 radical (unpaired) electrons. The second kappa shape index (κ2) is 6.19. The molecule has 0 fully saturated rings. The van der Waals surface area contributed by atoms with Crippen LogP contribution in [0.3, 0.4) is 0 Å². The Kier molecular flexibility index (Phi) is 4.03. The zero-order valence-corrected chi connectivity index (χ0v) is 17.2. The molecule has 0 saturated heterocycles. The van der Waals surface area contributed by atoms with E-state index >= 15 is 0 Å². The standard InChI is InChI=1S/C18H17N3O2.Pb/c1-2-23-18(22)14-11-17(20-19-14)21-15-9-5-3-7-12(15)13-8-4-6-10-16(13)21;/h3-10,17H,2,11H2,1H3,(H,20,22);/q;+1/p-1. The summed E-state index contributed by atoms with van der Waals surface area (Å²) < 4.78 is 9.41. The van der Waals surface area contributed by atoms with Crippen LogP contribution < -0.4 is 0 Å². The molecule has 6 heteroatoms. The van der Waals surface area contributed by atoms with E-state index in [1.165, 1.54) is 21.8 Å². The van der Waals surface area contributed by atoms with Crippen molar-refractivity contribution >= 4 is 59.6 Å². The number of benzene rings is 2. The van der Waals surface area contributed by atoms with Crippen molar-refractivity contribution in [1.82, 2.24) is 7.39 Å². The van der Waals surface area contributed by atoms with Gasteiger partial charge in [0.15, 0.2) is 0 Å². The first-order valence-corrected chi connectivity index (χ1v) is 9.67. The summed E-state index contributed by atoms with van der Waals surface area (Å²) in [5.41, 5.74) is 2.86. The molecule has 1 aromatic heterocycles. The van der Waals surface area contributed by atoms with E-state index in [1.54, 1.807) is 0 Å². The molecule has 24 heavy (non-hydrogen) atoms. The predicted octanol–water partition coefficient (Wildman–Crippen LogP) is 3.00. The Morgan fingerprint density at radius 2 is 1.75 bits per heavy atom. The number of hydrazone groups is 1. The van der Waals surface area contributed by atoms with Gasteiger partial charge in [0.25, 0.3) is 0 Å². The molecule has 0 spiro atoms. The number of carbonyl (C=O) groups is 1. The van der Waals surface area contributed by atoms with Crippen LogP contribution in [0, 0.1) is 0 Å². The molecular weight excluding hydrogens is 497 g/mol. The van der Waals surface area contributed by atoms with E-state index in [0.717, 1.165) is 26.1 Å². The van der Waals surface area contributed by atoms with Crippen molar-refractivity contribution in [3.8, 4) is 0 Å². The van der Waals surface area contributed by atoms with Crippen molar-refractivity contribution in [1.29, 1.82) is 0 Å². The van der Waals surface area contributed by atoms with Crippen molar-refractivity contribution in [2.75, 3.05) is 6.61 Å². The first kappa shape index (κ1) is 15.6. The van der Waals surface area contributed by atoms with Crippen molar-refractivity contribution in [3.05, 3.63) is 48.5 Å². The van der Waals surface area contributed by atoms with Gasteiger partial charge >= 0.3 is 156 Å². The molecule has 5 nitrogen and oxygen atoms in total. The van der Waals surface area contributed by atoms with Crippen molar-refractivity contribution in [3.63, 3.8) is 0 Å². The Labute approximate surface area is 156 Å². The fraction of sp³-hybridized carbons (Fsp3) is 0.222. The summed E-state index contributed by atoms with van der Waals surface area (Å²) in [7, 11) is 0. The van der Waals surface area contributed by atoms with Crippen molar-refractivity contribution in [2.24, 2.45) is 5.10 Å². The molecule has 0 saturated carbocycles. The van der Waals surface area contributed by atoms with E-state index in [-0.39, 0.29) is 12.1 Å². The van der Waals surface area contributed by atoms with Crippen LogP contribution in [0.4, 0.5) is 0 Å². The van der Waals surface area contributed by atoms with Crippen LogP contribution in [0.1, 0.15) is 19.5 Å². The molecule has 1 atom stereocenters. The topological polar surface area (TPSA) is 46.8 Å². The van der Waals surface area contributed by atoms with E-state index in [9.17, 15) is 4.79 Å². The molecular formula is C18H16N3O2Pb. The van der Waals surface area contributed by atoms with Crippen LogP contribution in [0.5, 0.6) is 0 Å². The molecule has 0 aliphatic carbocycles. The minimum absolute atomic E-state index is 0.0286. The number of rotatable bonds is 3. The summed E-state index contributed by atoms with van der Waals surface area (Å²) >= 11 is 0.739. The van der Waals surface area contributed by atoms with Gasteiger partial charge < -0.3 is 0 Å². The summed E-state index contributed by atoms with van der Waals surface area (Å²) in [6, 6.07) is 16.8. The molecule has 4 rings (SSSR count). The SMILES string of the molecule is CCOC(=O)C1=N[N]([Pb])C(n2c3ccccc3c3ccccc32)C1. The third kappa shape index (κ3) is 2.42. The normalized spacial score (nSPS) is 17.5. The third-order valence-corrected chi connectivity index (χ3v) is 5.86. The number of hydrogen-bond donors (Lipinski definition) is 0. The van der Waals surface area contributed by atoms with Crippen LogP contribution in [-0.4, -0.2) is 51.7 Å². The van der Waals surface area contributed by atoms with Gasteiger partial charge in [-0.15, -0.1) is 0 Å². The number of esters is 1. The molecule has 3 aromatic rings. The summed E-state index contributed by atoms with van der Waals surface area (Å²) in [5.74, 6) is -0.304. The third-order valence-electron chi connectivity index (χ3n) is 4.31. The Morgan fingerprint density at radius 3 is 2.33 bits per heavy atom. The van der Waals surface area contributed by atoms with E-state index in [2.05, 4.69) is 58.2 Å². The molecule has 119 valence electrons. The van der Waals surface area contributed by atoms with Crippen LogP contribution in [0.2, 0.25) is 0 Å². The maximum absolute atomic E-state index is 12.1. The number of nitrogens with zero attached hydrogens (tertiary/aromatic N) is 3. The molecule has 0 amide bonds. The zero-order valence-electron chi connectivity index (χ0n) is 13.3. The molecule has 0 N–H and O–H groups in total.